The maximum Gasteiger partial charge on any atom is 0.276 e. The molecule has 2 N–H and O–H groups in total. The van der Waals surface area contributed by atoms with Crippen LogP contribution in [0.25, 0.3) is 10.9 Å². The van der Waals surface area contributed by atoms with Crippen molar-refractivity contribution in [2.75, 3.05) is 17.4 Å². The summed E-state index contributed by atoms with van der Waals surface area (Å²) in [4.78, 5) is 16.9. The van der Waals surface area contributed by atoms with Crippen LogP contribution >= 0.6 is 0 Å². The summed E-state index contributed by atoms with van der Waals surface area (Å²) in [5.74, 6) is 1.52. The van der Waals surface area contributed by atoms with E-state index in [0.29, 0.717) is 23.0 Å². The van der Waals surface area contributed by atoms with Gasteiger partial charge in [-0.15, -0.1) is 10.2 Å². The number of ether oxygens (including phenoxy) is 2. The molecule has 2 aromatic carbocycles. The molecule has 3 heterocycles. The third-order valence-corrected chi connectivity index (χ3v) is 4.42. The summed E-state index contributed by atoms with van der Waals surface area (Å²) in [6.07, 6.45) is 1.69. The van der Waals surface area contributed by atoms with Crippen LogP contribution in [-0.4, -0.2) is 27.9 Å². The Kier molecular flexibility index (Phi) is 4.14. The van der Waals surface area contributed by atoms with Crippen molar-refractivity contribution in [1.29, 1.82) is 0 Å². The van der Waals surface area contributed by atoms with E-state index in [1.165, 1.54) is 0 Å². The average molecular weight is 385 g/mol. The number of amides is 1. The zero-order valence-corrected chi connectivity index (χ0v) is 15.1. The molecule has 1 aliphatic heterocycles. The highest BCUT2D eigenvalue weighted by Gasteiger charge is 2.14. The summed E-state index contributed by atoms with van der Waals surface area (Å²) in [5, 5.41) is 15.0. The highest BCUT2D eigenvalue weighted by atomic mass is 16.7. The van der Waals surface area contributed by atoms with Gasteiger partial charge in [-0.2, -0.15) is 0 Å². The van der Waals surface area contributed by atoms with Gasteiger partial charge in [0.25, 0.3) is 5.91 Å². The number of carbonyl (C=O) groups excluding carboxylic acids is 1. The molecule has 0 saturated heterocycles. The van der Waals surface area contributed by atoms with E-state index in [0.717, 1.165) is 16.6 Å². The van der Waals surface area contributed by atoms with Gasteiger partial charge in [0, 0.05) is 23.3 Å². The molecule has 1 amide bonds. The quantitative estimate of drug-likeness (QED) is 0.552. The Morgan fingerprint density at radius 1 is 0.931 bits per heavy atom. The van der Waals surface area contributed by atoms with Crippen molar-refractivity contribution in [3.05, 3.63) is 72.6 Å². The van der Waals surface area contributed by atoms with Crippen molar-refractivity contribution < 1.29 is 14.3 Å². The largest absolute Gasteiger partial charge is 0.454 e. The van der Waals surface area contributed by atoms with Gasteiger partial charge in [0.1, 0.15) is 0 Å². The van der Waals surface area contributed by atoms with E-state index in [1.807, 2.05) is 42.5 Å². The van der Waals surface area contributed by atoms with Crippen LogP contribution in [0.1, 0.15) is 10.5 Å². The van der Waals surface area contributed by atoms with Gasteiger partial charge < -0.3 is 20.1 Å². The number of hydrogen-bond acceptors (Lipinski definition) is 7. The lowest BCUT2D eigenvalue weighted by atomic mass is 10.2. The van der Waals surface area contributed by atoms with Gasteiger partial charge in [-0.1, -0.05) is 18.2 Å². The highest BCUT2D eigenvalue weighted by molar-refractivity contribution is 6.07. The van der Waals surface area contributed by atoms with Crippen molar-refractivity contribution in [3.8, 4) is 11.5 Å². The summed E-state index contributed by atoms with van der Waals surface area (Å²) >= 11 is 0. The molecule has 8 nitrogen and oxygen atoms in total. The molecule has 5 rings (SSSR count). The van der Waals surface area contributed by atoms with E-state index in [-0.39, 0.29) is 18.4 Å². The number of nitrogens with one attached hydrogen (secondary N) is 2. The van der Waals surface area contributed by atoms with Crippen LogP contribution < -0.4 is 20.1 Å². The lowest BCUT2D eigenvalue weighted by Crippen LogP contribution is -2.15. The second-order valence-corrected chi connectivity index (χ2v) is 6.33. The maximum absolute atomic E-state index is 12.6. The van der Waals surface area contributed by atoms with Crippen LogP contribution in [-0.2, 0) is 0 Å². The van der Waals surface area contributed by atoms with Crippen molar-refractivity contribution >= 4 is 34.0 Å². The van der Waals surface area contributed by atoms with Crippen molar-refractivity contribution in [2.45, 2.75) is 0 Å². The van der Waals surface area contributed by atoms with Gasteiger partial charge in [-0.3, -0.25) is 9.78 Å². The second-order valence-electron chi connectivity index (χ2n) is 6.33. The fraction of sp³-hybridized carbons (Fsp3) is 0.0476. The molecule has 1 aliphatic rings. The SMILES string of the molecule is O=C(Nc1cccc2cccnc12)c1ccc(Nc2ccc3c(c2)OCO3)nn1. The smallest absolute Gasteiger partial charge is 0.276 e. The van der Waals surface area contributed by atoms with Crippen molar-refractivity contribution in [1.82, 2.24) is 15.2 Å². The summed E-state index contributed by atoms with van der Waals surface area (Å²) < 4.78 is 10.7. The van der Waals surface area contributed by atoms with Gasteiger partial charge >= 0.3 is 0 Å². The van der Waals surface area contributed by atoms with Crippen LogP contribution in [0.5, 0.6) is 11.5 Å². The number of pyridine rings is 1. The van der Waals surface area contributed by atoms with E-state index in [1.54, 1.807) is 24.4 Å². The normalized spacial score (nSPS) is 12.0. The van der Waals surface area contributed by atoms with Gasteiger partial charge in [-0.25, -0.2) is 0 Å². The second kappa shape index (κ2) is 7.08. The molecule has 0 saturated carbocycles. The first kappa shape index (κ1) is 16.9. The predicted octanol–water partition coefficient (Wildman–Crippen LogP) is 3.75. The van der Waals surface area contributed by atoms with Crippen LogP contribution in [0.4, 0.5) is 17.2 Å². The van der Waals surface area contributed by atoms with E-state index in [2.05, 4.69) is 25.8 Å². The molecule has 2 aromatic heterocycles. The zero-order valence-electron chi connectivity index (χ0n) is 15.1. The molecule has 0 radical (unpaired) electrons. The van der Waals surface area contributed by atoms with Gasteiger partial charge in [0.2, 0.25) is 6.79 Å². The van der Waals surface area contributed by atoms with Crippen molar-refractivity contribution in [2.24, 2.45) is 0 Å². The van der Waals surface area contributed by atoms with E-state index < -0.39 is 0 Å². The van der Waals surface area contributed by atoms with E-state index in [9.17, 15) is 4.79 Å². The number of rotatable bonds is 4. The predicted molar refractivity (Wildman–Crippen MR) is 108 cm³/mol. The number of hydrogen-bond donors (Lipinski definition) is 2. The molecule has 0 aliphatic carbocycles. The molecule has 0 unspecified atom stereocenters. The molecule has 0 atom stereocenters. The molecule has 4 aromatic rings. The van der Waals surface area contributed by atoms with Gasteiger partial charge in [0.15, 0.2) is 23.0 Å². The number of benzene rings is 2. The Morgan fingerprint density at radius 3 is 2.72 bits per heavy atom. The van der Waals surface area contributed by atoms with Gasteiger partial charge in [0.05, 0.1) is 11.2 Å². The Labute approximate surface area is 165 Å². The monoisotopic (exact) mass is 385 g/mol. The molecule has 0 spiro atoms. The number of fused-ring (bicyclic) bond motifs is 2. The molecule has 0 bridgehead atoms. The standard InChI is InChI=1S/C21H15N5O3/c27-21(24-15-5-1-3-13-4-2-10-22-20(13)15)16-7-9-19(26-25-16)23-14-6-8-17-18(11-14)29-12-28-17/h1-11H,12H2,(H,23,26)(H,24,27). The first-order valence-electron chi connectivity index (χ1n) is 8.92. The first-order valence-corrected chi connectivity index (χ1v) is 8.92. The lowest BCUT2D eigenvalue weighted by Gasteiger charge is -2.08. The minimum Gasteiger partial charge on any atom is -0.454 e. The third-order valence-electron chi connectivity index (χ3n) is 4.42. The number of nitrogens with zero attached hydrogens (tertiary/aromatic N) is 3. The van der Waals surface area contributed by atoms with E-state index in [4.69, 9.17) is 9.47 Å². The van der Waals surface area contributed by atoms with Crippen LogP contribution in [0.2, 0.25) is 0 Å². The molecular formula is C21H15N5O3. The lowest BCUT2D eigenvalue weighted by molar-refractivity contribution is 0.102. The minimum absolute atomic E-state index is 0.203. The van der Waals surface area contributed by atoms with Crippen LogP contribution in [0, 0.1) is 0 Å². The van der Waals surface area contributed by atoms with E-state index >= 15 is 0 Å². The third kappa shape index (κ3) is 3.39. The summed E-state index contributed by atoms with van der Waals surface area (Å²) in [6, 6.07) is 18.2. The van der Waals surface area contributed by atoms with Crippen molar-refractivity contribution in [3.63, 3.8) is 0 Å². The first-order chi connectivity index (χ1) is 14.3. The average Bonchev–Trinajstić information content (AvgIpc) is 3.22. The molecular weight excluding hydrogens is 370 g/mol. The summed E-state index contributed by atoms with van der Waals surface area (Å²) in [5.41, 5.74) is 2.33. The highest BCUT2D eigenvalue weighted by Crippen LogP contribution is 2.34. The fourth-order valence-corrected chi connectivity index (χ4v) is 3.03. The van der Waals surface area contributed by atoms with Crippen LogP contribution in [0.15, 0.2) is 66.9 Å². The number of anilines is 3. The maximum atomic E-state index is 12.6. The number of aromatic nitrogens is 3. The Bertz CT molecular complexity index is 1210. The van der Waals surface area contributed by atoms with Gasteiger partial charge in [-0.05, 0) is 36.4 Å². The Morgan fingerprint density at radius 2 is 1.83 bits per heavy atom. The summed E-state index contributed by atoms with van der Waals surface area (Å²) in [7, 11) is 0. The number of para-hydroxylation sites is 1. The Hall–Kier alpha value is -4.20. The molecule has 8 heteroatoms. The summed E-state index contributed by atoms with van der Waals surface area (Å²) in [6.45, 7) is 0.217. The zero-order chi connectivity index (χ0) is 19.6. The van der Waals surface area contributed by atoms with Crippen LogP contribution in [0.3, 0.4) is 0 Å². The minimum atomic E-state index is -0.356. The Balaban J connectivity index is 1.31. The molecule has 0 fully saturated rings. The molecule has 142 valence electrons. The topological polar surface area (TPSA) is 98.3 Å². The molecule has 29 heavy (non-hydrogen) atoms. The fourth-order valence-electron chi connectivity index (χ4n) is 3.03. The number of carbonyl (C=O) groups is 1.